The number of hydrogen-bond donors (Lipinski definition) is 2. The molecule has 2 N–H and O–H groups in total. The van der Waals surface area contributed by atoms with Gasteiger partial charge in [0.05, 0.1) is 23.9 Å². The molecule has 8 heteroatoms. The first-order chi connectivity index (χ1) is 15.9. The van der Waals surface area contributed by atoms with Gasteiger partial charge in [-0.3, -0.25) is 9.59 Å². The Morgan fingerprint density at radius 1 is 1.12 bits per heavy atom. The highest BCUT2D eigenvalue weighted by Crippen LogP contribution is 2.36. The quantitative estimate of drug-likeness (QED) is 0.237. The van der Waals surface area contributed by atoms with Gasteiger partial charge in [-0.1, -0.05) is 45.4 Å². The van der Waals surface area contributed by atoms with E-state index in [0.717, 1.165) is 22.9 Å². The van der Waals surface area contributed by atoms with Crippen LogP contribution in [0.15, 0.2) is 52.0 Å². The molecule has 0 bridgehead atoms. The van der Waals surface area contributed by atoms with Crippen LogP contribution < -0.4 is 20.2 Å². The number of carbonyl (C=O) groups is 2. The fraction of sp³-hybridized carbons (Fsp3) is 0.400. The summed E-state index contributed by atoms with van der Waals surface area (Å²) in [5.41, 5.74) is 3.74. The van der Waals surface area contributed by atoms with Crippen LogP contribution in [0.5, 0.6) is 11.5 Å². The third-order valence-electron chi connectivity index (χ3n) is 4.74. The lowest BCUT2D eigenvalue weighted by atomic mass is 10.0. The van der Waals surface area contributed by atoms with E-state index in [-0.39, 0.29) is 11.8 Å². The minimum absolute atomic E-state index is 0.119. The molecular formula is C25H32BrN3O4. The monoisotopic (exact) mass is 517 g/mol. The number of nitrogens with zero attached hydrogens (tertiary/aromatic N) is 1. The predicted octanol–water partition coefficient (Wildman–Crippen LogP) is 4.93. The van der Waals surface area contributed by atoms with Crippen molar-refractivity contribution < 1.29 is 19.1 Å². The van der Waals surface area contributed by atoms with Crippen LogP contribution >= 0.6 is 15.9 Å². The largest absolute Gasteiger partial charge is 0.490 e. The first kappa shape index (κ1) is 26.4. The minimum atomic E-state index is -0.727. The van der Waals surface area contributed by atoms with Crippen molar-refractivity contribution in [3.05, 3.63) is 58.1 Å². The van der Waals surface area contributed by atoms with Crippen LogP contribution in [-0.2, 0) is 4.79 Å². The lowest BCUT2D eigenvalue weighted by Gasteiger charge is -2.20. The Kier molecular flexibility index (Phi) is 10.9. The highest BCUT2D eigenvalue weighted by atomic mass is 79.9. The summed E-state index contributed by atoms with van der Waals surface area (Å²) >= 11 is 3.53. The van der Waals surface area contributed by atoms with Crippen LogP contribution in [0.2, 0.25) is 0 Å². The summed E-state index contributed by atoms with van der Waals surface area (Å²) in [5, 5.41) is 6.86. The zero-order valence-corrected chi connectivity index (χ0v) is 21.1. The molecule has 0 saturated carbocycles. The van der Waals surface area contributed by atoms with Crippen LogP contribution in [0.1, 0.15) is 56.5 Å². The van der Waals surface area contributed by atoms with Crippen LogP contribution in [0.3, 0.4) is 0 Å². The molecule has 1 atom stereocenters. The van der Waals surface area contributed by atoms with E-state index in [0.29, 0.717) is 30.3 Å². The van der Waals surface area contributed by atoms with Gasteiger partial charge in [0.1, 0.15) is 6.04 Å². The zero-order chi connectivity index (χ0) is 24.2. The molecule has 178 valence electrons. The average Bonchev–Trinajstić information content (AvgIpc) is 2.79. The maximum absolute atomic E-state index is 12.7. The van der Waals surface area contributed by atoms with E-state index in [9.17, 15) is 9.59 Å². The molecule has 7 nitrogen and oxygen atoms in total. The highest BCUT2D eigenvalue weighted by Gasteiger charge is 2.24. The third kappa shape index (κ3) is 8.20. The van der Waals surface area contributed by atoms with Crippen molar-refractivity contribution in [2.75, 3.05) is 13.2 Å². The van der Waals surface area contributed by atoms with Crippen molar-refractivity contribution in [3.63, 3.8) is 0 Å². The number of carbonyl (C=O) groups excluding carboxylic acids is 2. The van der Waals surface area contributed by atoms with Crippen molar-refractivity contribution in [3.8, 4) is 11.5 Å². The van der Waals surface area contributed by atoms with Crippen LogP contribution in [0.4, 0.5) is 0 Å². The maximum atomic E-state index is 12.7. The first-order valence-electron chi connectivity index (χ1n) is 11.1. The van der Waals surface area contributed by atoms with Gasteiger partial charge in [0.25, 0.3) is 11.8 Å². The summed E-state index contributed by atoms with van der Waals surface area (Å²) in [6.45, 7) is 8.83. The molecular weight excluding hydrogens is 486 g/mol. The van der Waals surface area contributed by atoms with Crippen LogP contribution in [0, 0.1) is 5.92 Å². The molecule has 0 spiro atoms. The lowest BCUT2D eigenvalue weighted by Crippen LogP contribution is -2.48. The zero-order valence-electron chi connectivity index (χ0n) is 19.6. The van der Waals surface area contributed by atoms with Crippen molar-refractivity contribution in [2.45, 2.75) is 46.6 Å². The molecule has 2 aromatic rings. The van der Waals surface area contributed by atoms with E-state index in [4.69, 9.17) is 9.47 Å². The fourth-order valence-corrected chi connectivity index (χ4v) is 3.55. The van der Waals surface area contributed by atoms with Gasteiger partial charge in [0.15, 0.2) is 11.5 Å². The molecule has 0 heterocycles. The molecule has 0 saturated heterocycles. The van der Waals surface area contributed by atoms with Gasteiger partial charge in [-0.2, -0.15) is 5.10 Å². The number of rotatable bonds is 12. The summed E-state index contributed by atoms with van der Waals surface area (Å²) in [5.74, 6) is 0.429. The standard InChI is InChI=1S/C25H32BrN3O4/c1-5-7-13-33-23-20(26)14-18(15-21(23)32-6-2)16-27-29-25(31)22(17(3)4)28-24(30)19-11-9-8-10-12-19/h8-12,14-17,22H,5-7,13H2,1-4H3,(H,28,30)(H,29,31)/b27-16+. The highest BCUT2D eigenvalue weighted by molar-refractivity contribution is 9.10. The van der Waals surface area contributed by atoms with E-state index in [2.05, 4.69) is 38.7 Å². The Hall–Kier alpha value is -2.87. The summed E-state index contributed by atoms with van der Waals surface area (Å²) in [6.07, 6.45) is 3.51. The van der Waals surface area contributed by atoms with Crippen molar-refractivity contribution >= 4 is 34.0 Å². The second-order valence-corrected chi connectivity index (χ2v) is 8.61. The first-order valence-corrected chi connectivity index (χ1v) is 11.9. The van der Waals surface area contributed by atoms with Gasteiger partial charge in [-0.15, -0.1) is 0 Å². The molecule has 0 fully saturated rings. The maximum Gasteiger partial charge on any atom is 0.262 e. The SMILES string of the molecule is CCCCOc1c(Br)cc(/C=N/NC(=O)C(NC(=O)c2ccccc2)C(C)C)cc1OCC. The summed E-state index contributed by atoms with van der Waals surface area (Å²) in [6, 6.07) is 11.7. The number of halogens is 1. The van der Waals surface area contributed by atoms with Crippen molar-refractivity contribution in [1.29, 1.82) is 0 Å². The van der Waals surface area contributed by atoms with E-state index in [1.165, 1.54) is 6.21 Å². The van der Waals surface area contributed by atoms with Gasteiger partial charge in [-0.05, 0) is 65.0 Å². The Balaban J connectivity index is 2.08. The summed E-state index contributed by atoms with van der Waals surface area (Å²) in [4.78, 5) is 25.1. The topological polar surface area (TPSA) is 89.0 Å². The van der Waals surface area contributed by atoms with Crippen molar-refractivity contribution in [1.82, 2.24) is 10.7 Å². The predicted molar refractivity (Wildman–Crippen MR) is 134 cm³/mol. The van der Waals surface area contributed by atoms with Gasteiger partial charge < -0.3 is 14.8 Å². The molecule has 2 aromatic carbocycles. The van der Waals surface area contributed by atoms with Gasteiger partial charge >= 0.3 is 0 Å². The van der Waals surface area contributed by atoms with Gasteiger partial charge in [-0.25, -0.2) is 5.43 Å². The third-order valence-corrected chi connectivity index (χ3v) is 5.33. The Labute approximate surface area is 204 Å². The number of benzene rings is 2. The smallest absolute Gasteiger partial charge is 0.262 e. The Morgan fingerprint density at radius 2 is 1.85 bits per heavy atom. The van der Waals surface area contributed by atoms with Crippen molar-refractivity contribution in [2.24, 2.45) is 11.0 Å². The molecule has 0 aromatic heterocycles. The number of hydrogen-bond acceptors (Lipinski definition) is 5. The summed E-state index contributed by atoms with van der Waals surface area (Å²) < 4.78 is 12.3. The number of hydrazone groups is 1. The number of nitrogens with one attached hydrogen (secondary N) is 2. The molecule has 33 heavy (non-hydrogen) atoms. The number of unbranched alkanes of at least 4 members (excludes halogenated alkanes) is 1. The Morgan fingerprint density at radius 3 is 2.48 bits per heavy atom. The van der Waals surface area contributed by atoms with E-state index < -0.39 is 11.9 Å². The molecule has 0 aliphatic heterocycles. The summed E-state index contributed by atoms with van der Waals surface area (Å²) in [7, 11) is 0. The molecule has 0 aliphatic carbocycles. The fourth-order valence-electron chi connectivity index (χ4n) is 2.97. The van der Waals surface area contributed by atoms with E-state index in [1.54, 1.807) is 24.3 Å². The molecule has 0 radical (unpaired) electrons. The minimum Gasteiger partial charge on any atom is -0.490 e. The van der Waals surface area contributed by atoms with Crippen LogP contribution in [0.25, 0.3) is 0 Å². The average molecular weight is 518 g/mol. The second-order valence-electron chi connectivity index (χ2n) is 7.76. The van der Waals surface area contributed by atoms with E-state index >= 15 is 0 Å². The normalized spacial score (nSPS) is 11.9. The number of ether oxygens (including phenoxy) is 2. The molecule has 2 rings (SSSR count). The number of amides is 2. The van der Waals surface area contributed by atoms with Gasteiger partial charge in [0, 0.05) is 5.56 Å². The second kappa shape index (κ2) is 13.6. The van der Waals surface area contributed by atoms with E-state index in [1.807, 2.05) is 39.0 Å². The molecule has 1 unspecified atom stereocenters. The lowest BCUT2D eigenvalue weighted by molar-refractivity contribution is -0.123. The molecule has 2 amide bonds. The van der Waals surface area contributed by atoms with Crippen LogP contribution in [-0.4, -0.2) is 37.3 Å². The Bertz CT molecular complexity index is 948. The van der Waals surface area contributed by atoms with Gasteiger partial charge in [0.2, 0.25) is 0 Å². The molecule has 0 aliphatic rings.